The van der Waals surface area contributed by atoms with Gasteiger partial charge >= 0.3 is 0 Å². The van der Waals surface area contributed by atoms with Crippen LogP contribution >= 0.6 is 22.6 Å². The van der Waals surface area contributed by atoms with Crippen LogP contribution in [0.3, 0.4) is 0 Å². The molecular formula is C15H20IN. The van der Waals surface area contributed by atoms with Crippen LogP contribution in [-0.4, -0.2) is 21.4 Å². The molecule has 1 aromatic carbocycles. The molecule has 0 radical (unpaired) electrons. The van der Waals surface area contributed by atoms with Crippen molar-refractivity contribution in [3.05, 3.63) is 35.9 Å². The topological polar surface area (TPSA) is 3.24 Å². The van der Waals surface area contributed by atoms with Gasteiger partial charge in [0.2, 0.25) is 0 Å². The van der Waals surface area contributed by atoms with Crippen LogP contribution in [0, 0.1) is 5.92 Å². The highest BCUT2D eigenvalue weighted by atomic mass is 127. The second-order valence-electron chi connectivity index (χ2n) is 5.53. The molecule has 2 aliphatic rings. The summed E-state index contributed by atoms with van der Waals surface area (Å²) in [6, 6.07) is 12.7. The van der Waals surface area contributed by atoms with Gasteiger partial charge in [0.15, 0.2) is 0 Å². The van der Waals surface area contributed by atoms with Crippen molar-refractivity contribution in [2.45, 2.75) is 44.3 Å². The highest BCUT2D eigenvalue weighted by molar-refractivity contribution is 14.1. The summed E-state index contributed by atoms with van der Waals surface area (Å²) in [7, 11) is 0. The molecule has 17 heavy (non-hydrogen) atoms. The molecule has 1 nitrogen and oxygen atoms in total. The minimum Gasteiger partial charge on any atom is -0.293 e. The summed E-state index contributed by atoms with van der Waals surface area (Å²) in [5, 5.41) is 0. The van der Waals surface area contributed by atoms with Crippen LogP contribution in [0.2, 0.25) is 0 Å². The molecule has 2 aliphatic heterocycles. The summed E-state index contributed by atoms with van der Waals surface area (Å²) in [5.41, 5.74) is 1.48. The molecule has 3 rings (SSSR count). The van der Waals surface area contributed by atoms with Crippen molar-refractivity contribution >= 4 is 22.6 Å². The minimum absolute atomic E-state index is 0.869. The van der Waals surface area contributed by atoms with Gasteiger partial charge in [-0.1, -0.05) is 52.9 Å². The van der Waals surface area contributed by atoms with Gasteiger partial charge in [-0.3, -0.25) is 4.90 Å². The van der Waals surface area contributed by atoms with E-state index in [1.54, 1.807) is 0 Å². The quantitative estimate of drug-likeness (QED) is 0.596. The highest BCUT2D eigenvalue weighted by Gasteiger charge is 2.39. The second-order valence-corrected chi connectivity index (χ2v) is 6.42. The summed E-state index contributed by atoms with van der Waals surface area (Å²) in [4.78, 5) is 2.78. The molecule has 2 unspecified atom stereocenters. The molecule has 0 aliphatic carbocycles. The van der Waals surface area contributed by atoms with Crippen LogP contribution < -0.4 is 0 Å². The van der Waals surface area contributed by atoms with Gasteiger partial charge in [0.1, 0.15) is 0 Å². The molecule has 0 N–H and O–H groups in total. The number of rotatable bonds is 3. The van der Waals surface area contributed by atoms with E-state index in [1.807, 2.05) is 0 Å². The lowest BCUT2D eigenvalue weighted by atomic mass is 9.92. The molecular weight excluding hydrogens is 321 g/mol. The van der Waals surface area contributed by atoms with E-state index in [0.29, 0.717) is 0 Å². The van der Waals surface area contributed by atoms with Crippen molar-refractivity contribution in [1.29, 1.82) is 0 Å². The fourth-order valence-corrected chi connectivity index (χ4v) is 4.28. The van der Waals surface area contributed by atoms with E-state index in [9.17, 15) is 0 Å². The average molecular weight is 341 g/mol. The molecule has 2 fully saturated rings. The third kappa shape index (κ3) is 2.53. The third-order valence-corrected chi connectivity index (χ3v) is 5.65. The lowest BCUT2D eigenvalue weighted by molar-refractivity contribution is 0.105. The van der Waals surface area contributed by atoms with E-state index in [2.05, 4.69) is 57.8 Å². The summed E-state index contributed by atoms with van der Waals surface area (Å²) < 4.78 is 1.35. The number of benzene rings is 1. The zero-order chi connectivity index (χ0) is 11.7. The number of hydrogen-bond donors (Lipinski definition) is 0. The Morgan fingerprint density at radius 2 is 1.71 bits per heavy atom. The fraction of sp³-hybridized carbons (Fsp3) is 0.600. The molecule has 0 spiro atoms. The number of fused-ring (bicyclic) bond motifs is 2. The van der Waals surface area contributed by atoms with Gasteiger partial charge in [-0.25, -0.2) is 0 Å². The Labute approximate surface area is 118 Å². The monoisotopic (exact) mass is 341 g/mol. The van der Waals surface area contributed by atoms with Gasteiger partial charge < -0.3 is 0 Å². The van der Waals surface area contributed by atoms with Gasteiger partial charge in [-0.2, -0.15) is 0 Å². The molecule has 1 aromatic rings. The maximum atomic E-state index is 2.78. The van der Waals surface area contributed by atoms with E-state index in [-0.39, 0.29) is 0 Å². The standard InChI is InChI=1S/C15H20IN/c16-10-13-8-14-6-7-15(9-13)17(14)11-12-4-2-1-3-5-12/h1-5,13-15H,6-11H2. The molecule has 2 saturated heterocycles. The molecule has 2 atom stereocenters. The Bertz CT molecular complexity index is 350. The lowest BCUT2D eigenvalue weighted by Crippen LogP contribution is -2.42. The second kappa shape index (κ2) is 5.27. The Morgan fingerprint density at radius 3 is 2.29 bits per heavy atom. The van der Waals surface area contributed by atoms with Gasteiger partial charge in [-0.05, 0) is 37.2 Å². The number of halogens is 1. The van der Waals surface area contributed by atoms with Crippen LogP contribution in [0.1, 0.15) is 31.2 Å². The van der Waals surface area contributed by atoms with E-state index in [1.165, 1.54) is 42.2 Å². The van der Waals surface area contributed by atoms with Crippen LogP contribution in [0.4, 0.5) is 0 Å². The molecule has 2 heteroatoms. The van der Waals surface area contributed by atoms with Gasteiger partial charge in [-0.15, -0.1) is 0 Å². The van der Waals surface area contributed by atoms with Crippen molar-refractivity contribution in [3.63, 3.8) is 0 Å². The van der Waals surface area contributed by atoms with Crippen molar-refractivity contribution in [1.82, 2.24) is 4.90 Å². The van der Waals surface area contributed by atoms with Crippen LogP contribution in [0.25, 0.3) is 0 Å². The molecule has 2 heterocycles. The Morgan fingerprint density at radius 1 is 1.06 bits per heavy atom. The number of alkyl halides is 1. The number of nitrogens with zero attached hydrogens (tertiary/aromatic N) is 1. The van der Waals surface area contributed by atoms with Gasteiger partial charge in [0, 0.05) is 23.1 Å². The largest absolute Gasteiger partial charge is 0.293 e. The molecule has 92 valence electrons. The third-order valence-electron chi connectivity index (χ3n) is 4.41. The predicted octanol–water partition coefficient (Wildman–Crippen LogP) is 3.86. The first-order valence-corrected chi connectivity index (χ1v) is 8.25. The SMILES string of the molecule is ICC1CC2CCC(C1)N2Cc1ccccc1. The van der Waals surface area contributed by atoms with Crippen LogP contribution in [0.5, 0.6) is 0 Å². The number of piperidine rings is 1. The first-order chi connectivity index (χ1) is 8.36. The lowest BCUT2D eigenvalue weighted by Gasteiger charge is -2.38. The van der Waals surface area contributed by atoms with Crippen molar-refractivity contribution in [2.75, 3.05) is 4.43 Å². The van der Waals surface area contributed by atoms with Crippen LogP contribution in [0.15, 0.2) is 30.3 Å². The Hall–Kier alpha value is -0.0900. The Kier molecular flexibility index (Phi) is 3.71. The van der Waals surface area contributed by atoms with Crippen LogP contribution in [-0.2, 0) is 6.54 Å². The van der Waals surface area contributed by atoms with Gasteiger partial charge in [0.05, 0.1) is 0 Å². The van der Waals surface area contributed by atoms with E-state index in [4.69, 9.17) is 0 Å². The Balaban J connectivity index is 1.69. The summed E-state index contributed by atoms with van der Waals surface area (Å²) in [6.45, 7) is 1.17. The highest BCUT2D eigenvalue weighted by Crippen LogP contribution is 2.40. The first kappa shape index (κ1) is 12.0. The molecule has 0 saturated carbocycles. The summed E-state index contributed by atoms with van der Waals surface area (Å²) in [5.74, 6) is 0.986. The zero-order valence-corrected chi connectivity index (χ0v) is 12.3. The maximum Gasteiger partial charge on any atom is 0.0239 e. The summed E-state index contributed by atoms with van der Waals surface area (Å²) >= 11 is 2.57. The molecule has 0 aromatic heterocycles. The van der Waals surface area contributed by atoms with Gasteiger partial charge in [0.25, 0.3) is 0 Å². The van der Waals surface area contributed by atoms with E-state index >= 15 is 0 Å². The number of hydrogen-bond acceptors (Lipinski definition) is 1. The maximum absolute atomic E-state index is 2.78. The van der Waals surface area contributed by atoms with E-state index in [0.717, 1.165) is 18.0 Å². The van der Waals surface area contributed by atoms with Crippen molar-refractivity contribution in [3.8, 4) is 0 Å². The predicted molar refractivity (Wildman–Crippen MR) is 80.4 cm³/mol. The first-order valence-electron chi connectivity index (χ1n) is 6.72. The molecule has 2 bridgehead atoms. The minimum atomic E-state index is 0.869. The zero-order valence-electron chi connectivity index (χ0n) is 10.2. The van der Waals surface area contributed by atoms with E-state index < -0.39 is 0 Å². The fourth-order valence-electron chi connectivity index (χ4n) is 3.57. The summed E-state index contributed by atoms with van der Waals surface area (Å²) in [6.07, 6.45) is 5.74. The smallest absolute Gasteiger partial charge is 0.0239 e. The normalized spacial score (nSPS) is 32.9. The van der Waals surface area contributed by atoms with Crippen molar-refractivity contribution in [2.24, 2.45) is 5.92 Å². The molecule has 0 amide bonds. The average Bonchev–Trinajstić information content (AvgIpc) is 2.63. The van der Waals surface area contributed by atoms with Crippen molar-refractivity contribution < 1.29 is 0 Å².